The second-order valence-electron chi connectivity index (χ2n) is 5.90. The van der Waals surface area contributed by atoms with E-state index in [-0.39, 0.29) is 5.91 Å². The van der Waals surface area contributed by atoms with Crippen molar-refractivity contribution in [3.05, 3.63) is 23.8 Å². The lowest BCUT2D eigenvalue weighted by Crippen LogP contribution is -2.20. The molecule has 1 aromatic carbocycles. The van der Waals surface area contributed by atoms with Gasteiger partial charge < -0.3 is 10.6 Å². The van der Waals surface area contributed by atoms with E-state index in [1.165, 1.54) is 50.6 Å². The number of anilines is 2. The van der Waals surface area contributed by atoms with Gasteiger partial charge in [0.1, 0.15) is 0 Å². The number of amides is 1. The minimum absolute atomic E-state index is 0.0196. The van der Waals surface area contributed by atoms with Crippen LogP contribution in [0, 0.1) is 6.92 Å². The van der Waals surface area contributed by atoms with Crippen molar-refractivity contribution in [3.8, 4) is 0 Å². The van der Waals surface area contributed by atoms with Crippen LogP contribution >= 0.6 is 0 Å². The Kier molecular flexibility index (Phi) is 5.45. The molecule has 1 aliphatic carbocycles. The van der Waals surface area contributed by atoms with Crippen LogP contribution in [0.25, 0.3) is 0 Å². The highest BCUT2D eigenvalue weighted by Gasteiger charge is 2.11. The fourth-order valence-corrected chi connectivity index (χ4v) is 2.92. The average molecular weight is 274 g/mol. The number of hydrogen-bond donors (Lipinski definition) is 2. The highest BCUT2D eigenvalue weighted by molar-refractivity contribution is 5.89. The molecule has 0 spiro atoms. The Balaban J connectivity index is 1.98. The Bertz CT molecular complexity index is 448. The molecular formula is C17H26N2O. The van der Waals surface area contributed by atoms with Gasteiger partial charge in [0.2, 0.25) is 5.91 Å². The van der Waals surface area contributed by atoms with E-state index < -0.39 is 0 Å². The van der Waals surface area contributed by atoms with E-state index in [4.69, 9.17) is 0 Å². The second-order valence-corrected chi connectivity index (χ2v) is 5.90. The van der Waals surface area contributed by atoms with Crippen molar-refractivity contribution < 1.29 is 4.79 Å². The molecule has 0 aliphatic heterocycles. The molecule has 1 amide bonds. The van der Waals surface area contributed by atoms with Crippen LogP contribution in [-0.2, 0) is 4.79 Å². The number of carbonyl (C=O) groups is 1. The van der Waals surface area contributed by atoms with Gasteiger partial charge in [-0.1, -0.05) is 32.1 Å². The van der Waals surface area contributed by atoms with Gasteiger partial charge in [-0.05, 0) is 43.5 Å². The topological polar surface area (TPSA) is 41.1 Å². The molecule has 0 unspecified atom stereocenters. The van der Waals surface area contributed by atoms with E-state index in [1.807, 2.05) is 13.0 Å². The van der Waals surface area contributed by atoms with Gasteiger partial charge in [0.15, 0.2) is 0 Å². The number of hydrogen-bond acceptors (Lipinski definition) is 2. The number of aryl methyl sites for hydroxylation is 1. The van der Waals surface area contributed by atoms with Crippen molar-refractivity contribution >= 4 is 17.3 Å². The van der Waals surface area contributed by atoms with Gasteiger partial charge in [0.25, 0.3) is 0 Å². The molecular weight excluding hydrogens is 248 g/mol. The molecule has 0 aromatic heterocycles. The molecule has 3 heteroatoms. The summed E-state index contributed by atoms with van der Waals surface area (Å²) >= 11 is 0. The van der Waals surface area contributed by atoms with E-state index in [9.17, 15) is 4.79 Å². The fourth-order valence-electron chi connectivity index (χ4n) is 2.92. The minimum atomic E-state index is -0.0196. The van der Waals surface area contributed by atoms with Crippen molar-refractivity contribution in [1.29, 1.82) is 0 Å². The third kappa shape index (κ3) is 4.55. The molecule has 20 heavy (non-hydrogen) atoms. The van der Waals surface area contributed by atoms with Crippen LogP contribution in [0.2, 0.25) is 0 Å². The maximum atomic E-state index is 11.1. The normalized spacial score (nSPS) is 17.1. The van der Waals surface area contributed by atoms with Crippen LogP contribution in [0.4, 0.5) is 11.4 Å². The lowest BCUT2D eigenvalue weighted by molar-refractivity contribution is -0.114. The van der Waals surface area contributed by atoms with Gasteiger partial charge in [0, 0.05) is 24.3 Å². The molecule has 0 radical (unpaired) electrons. The Morgan fingerprint density at radius 3 is 2.35 bits per heavy atom. The number of nitrogens with one attached hydrogen (secondary N) is 2. The van der Waals surface area contributed by atoms with Gasteiger partial charge in [-0.15, -0.1) is 0 Å². The standard InChI is InChI=1S/C17H26N2O/c1-13-12-16(10-11-17(13)18-14(2)20)19-15-8-6-4-3-5-7-9-15/h10-12,15,19H,3-9H2,1-2H3,(H,18,20). The highest BCUT2D eigenvalue weighted by atomic mass is 16.1. The minimum Gasteiger partial charge on any atom is -0.382 e. The van der Waals surface area contributed by atoms with Gasteiger partial charge in [-0.25, -0.2) is 0 Å². The zero-order chi connectivity index (χ0) is 14.4. The van der Waals surface area contributed by atoms with Gasteiger partial charge in [0.05, 0.1) is 0 Å². The van der Waals surface area contributed by atoms with E-state index in [0.29, 0.717) is 6.04 Å². The Hall–Kier alpha value is -1.51. The van der Waals surface area contributed by atoms with Gasteiger partial charge >= 0.3 is 0 Å². The monoisotopic (exact) mass is 274 g/mol. The summed E-state index contributed by atoms with van der Waals surface area (Å²) < 4.78 is 0. The zero-order valence-corrected chi connectivity index (χ0v) is 12.7. The Morgan fingerprint density at radius 2 is 1.75 bits per heavy atom. The largest absolute Gasteiger partial charge is 0.382 e. The first-order valence-corrected chi connectivity index (χ1v) is 7.80. The highest BCUT2D eigenvalue weighted by Crippen LogP contribution is 2.24. The van der Waals surface area contributed by atoms with Gasteiger partial charge in [-0.2, -0.15) is 0 Å². The first-order valence-electron chi connectivity index (χ1n) is 7.80. The second kappa shape index (κ2) is 7.32. The third-order valence-electron chi connectivity index (χ3n) is 4.01. The number of benzene rings is 1. The maximum Gasteiger partial charge on any atom is 0.221 e. The maximum absolute atomic E-state index is 11.1. The van der Waals surface area contributed by atoms with E-state index >= 15 is 0 Å². The van der Waals surface area contributed by atoms with Gasteiger partial charge in [-0.3, -0.25) is 4.79 Å². The quantitative estimate of drug-likeness (QED) is 0.853. The van der Waals surface area contributed by atoms with Crippen molar-refractivity contribution in [2.75, 3.05) is 10.6 Å². The lowest BCUT2D eigenvalue weighted by Gasteiger charge is -2.22. The summed E-state index contributed by atoms with van der Waals surface area (Å²) in [5.41, 5.74) is 3.18. The van der Waals surface area contributed by atoms with Crippen molar-refractivity contribution in [1.82, 2.24) is 0 Å². The Morgan fingerprint density at radius 1 is 1.10 bits per heavy atom. The molecule has 2 rings (SSSR count). The summed E-state index contributed by atoms with van der Waals surface area (Å²) in [6.45, 7) is 3.58. The lowest BCUT2D eigenvalue weighted by atomic mass is 9.96. The van der Waals surface area contributed by atoms with Crippen LogP contribution in [0.15, 0.2) is 18.2 Å². The molecule has 2 N–H and O–H groups in total. The molecule has 1 aromatic rings. The molecule has 1 saturated carbocycles. The van der Waals surface area contributed by atoms with Crippen LogP contribution < -0.4 is 10.6 Å². The van der Waals surface area contributed by atoms with E-state index in [2.05, 4.69) is 22.8 Å². The predicted octanol–water partition coefficient (Wildman–Crippen LogP) is 4.48. The van der Waals surface area contributed by atoms with Crippen LogP contribution in [-0.4, -0.2) is 11.9 Å². The van der Waals surface area contributed by atoms with E-state index in [1.54, 1.807) is 6.92 Å². The predicted molar refractivity (Wildman–Crippen MR) is 85.2 cm³/mol. The van der Waals surface area contributed by atoms with Crippen LogP contribution in [0.1, 0.15) is 57.4 Å². The Labute approximate surface area is 122 Å². The molecule has 1 fully saturated rings. The number of rotatable bonds is 3. The molecule has 0 bridgehead atoms. The smallest absolute Gasteiger partial charge is 0.221 e. The van der Waals surface area contributed by atoms with E-state index in [0.717, 1.165) is 11.3 Å². The summed E-state index contributed by atoms with van der Waals surface area (Å²) in [4.78, 5) is 11.1. The zero-order valence-electron chi connectivity index (χ0n) is 12.7. The third-order valence-corrected chi connectivity index (χ3v) is 4.01. The molecule has 110 valence electrons. The summed E-state index contributed by atoms with van der Waals surface area (Å²) in [7, 11) is 0. The summed E-state index contributed by atoms with van der Waals surface area (Å²) in [6, 6.07) is 6.78. The molecule has 0 saturated heterocycles. The first kappa shape index (κ1) is 14.9. The number of carbonyl (C=O) groups excluding carboxylic acids is 1. The fraction of sp³-hybridized carbons (Fsp3) is 0.588. The molecule has 0 atom stereocenters. The average Bonchev–Trinajstić information content (AvgIpc) is 2.35. The van der Waals surface area contributed by atoms with Crippen LogP contribution in [0.5, 0.6) is 0 Å². The SMILES string of the molecule is CC(=O)Nc1ccc(NC2CCCCCCC2)cc1C. The van der Waals surface area contributed by atoms with Crippen molar-refractivity contribution in [3.63, 3.8) is 0 Å². The molecule has 0 heterocycles. The summed E-state index contributed by atoms with van der Waals surface area (Å²) in [5, 5.41) is 6.51. The van der Waals surface area contributed by atoms with Crippen molar-refractivity contribution in [2.45, 2.75) is 64.8 Å². The molecule has 3 nitrogen and oxygen atoms in total. The molecule has 1 aliphatic rings. The summed E-state index contributed by atoms with van der Waals surface area (Å²) in [6.07, 6.45) is 9.36. The summed E-state index contributed by atoms with van der Waals surface area (Å²) in [5.74, 6) is -0.0196. The van der Waals surface area contributed by atoms with Crippen molar-refractivity contribution in [2.24, 2.45) is 0 Å². The van der Waals surface area contributed by atoms with Crippen LogP contribution in [0.3, 0.4) is 0 Å². The first-order chi connectivity index (χ1) is 9.65.